The van der Waals surface area contributed by atoms with E-state index >= 15 is 0 Å². The molecule has 0 bridgehead atoms. The summed E-state index contributed by atoms with van der Waals surface area (Å²) in [5.41, 5.74) is 3.63. The van der Waals surface area contributed by atoms with Gasteiger partial charge in [-0.2, -0.15) is 0 Å². The minimum Gasteiger partial charge on any atom is -0.480 e. The van der Waals surface area contributed by atoms with Crippen molar-refractivity contribution in [1.82, 2.24) is 0 Å². The lowest BCUT2D eigenvalue weighted by molar-refractivity contribution is 0.365. The van der Waals surface area contributed by atoms with E-state index in [1.807, 2.05) is 6.92 Å². The Morgan fingerprint density at radius 1 is 1.14 bits per heavy atom. The summed E-state index contributed by atoms with van der Waals surface area (Å²) in [6, 6.07) is 4.25. The van der Waals surface area contributed by atoms with Crippen molar-refractivity contribution in [2.75, 3.05) is 6.61 Å². The van der Waals surface area contributed by atoms with Crippen LogP contribution in [0.1, 0.15) is 23.6 Å². The van der Waals surface area contributed by atoms with Crippen molar-refractivity contribution in [3.8, 4) is 17.6 Å². The molecular formula is C13H16O. The van der Waals surface area contributed by atoms with Gasteiger partial charge in [-0.05, 0) is 38.8 Å². The molecule has 0 aliphatic carbocycles. The Morgan fingerprint density at radius 2 is 1.71 bits per heavy atom. The molecule has 0 amide bonds. The lowest BCUT2D eigenvalue weighted by Crippen LogP contribution is -1.98. The Hall–Kier alpha value is -1.42. The molecule has 0 N–H and O–H groups in total. The van der Waals surface area contributed by atoms with Crippen LogP contribution in [0.15, 0.2) is 12.1 Å². The van der Waals surface area contributed by atoms with Gasteiger partial charge in [-0.15, -0.1) is 5.92 Å². The maximum absolute atomic E-state index is 5.59. The minimum atomic E-state index is 0.473. The molecule has 0 saturated carbocycles. The minimum absolute atomic E-state index is 0.473. The normalized spacial score (nSPS) is 9.14. The van der Waals surface area contributed by atoms with Gasteiger partial charge in [0.1, 0.15) is 12.4 Å². The molecule has 1 aromatic carbocycles. The van der Waals surface area contributed by atoms with E-state index in [1.54, 1.807) is 0 Å². The van der Waals surface area contributed by atoms with E-state index in [4.69, 9.17) is 4.74 Å². The zero-order valence-electron chi connectivity index (χ0n) is 9.27. The number of hydrogen-bond acceptors (Lipinski definition) is 1. The Balaban J connectivity index is 2.89. The fourth-order valence-electron chi connectivity index (χ4n) is 1.57. The van der Waals surface area contributed by atoms with Gasteiger partial charge in [0.2, 0.25) is 0 Å². The largest absolute Gasteiger partial charge is 0.480 e. The topological polar surface area (TPSA) is 9.23 Å². The number of benzene rings is 1. The molecule has 1 heteroatoms. The van der Waals surface area contributed by atoms with E-state index in [0.717, 1.165) is 5.75 Å². The quantitative estimate of drug-likeness (QED) is 0.648. The standard InChI is InChI=1S/C13H16O/c1-5-6-7-14-13-11(3)8-10(2)9-12(13)4/h8-9H,7H2,1-4H3. The third-order valence-electron chi connectivity index (χ3n) is 2.07. The van der Waals surface area contributed by atoms with Crippen molar-refractivity contribution in [2.45, 2.75) is 27.7 Å². The third-order valence-corrected chi connectivity index (χ3v) is 2.07. The summed E-state index contributed by atoms with van der Waals surface area (Å²) in [5, 5.41) is 0. The Labute approximate surface area is 86.1 Å². The Kier molecular flexibility index (Phi) is 3.59. The Morgan fingerprint density at radius 3 is 2.21 bits per heavy atom. The summed E-state index contributed by atoms with van der Waals surface area (Å²) in [6.45, 7) is 8.51. The van der Waals surface area contributed by atoms with Crippen LogP contribution in [-0.4, -0.2) is 6.61 Å². The molecular weight excluding hydrogens is 172 g/mol. The molecule has 0 radical (unpaired) electrons. The monoisotopic (exact) mass is 188 g/mol. The third kappa shape index (κ3) is 2.53. The first-order valence-electron chi connectivity index (χ1n) is 4.75. The van der Waals surface area contributed by atoms with Crippen molar-refractivity contribution in [3.05, 3.63) is 28.8 Å². The maximum Gasteiger partial charge on any atom is 0.149 e. The van der Waals surface area contributed by atoms with Crippen LogP contribution < -0.4 is 4.74 Å². The van der Waals surface area contributed by atoms with Gasteiger partial charge in [-0.3, -0.25) is 0 Å². The summed E-state index contributed by atoms with van der Waals surface area (Å²) in [6.07, 6.45) is 0. The van der Waals surface area contributed by atoms with Crippen molar-refractivity contribution in [3.63, 3.8) is 0 Å². The van der Waals surface area contributed by atoms with Crippen LogP contribution in [0.2, 0.25) is 0 Å². The van der Waals surface area contributed by atoms with Crippen LogP contribution in [0.4, 0.5) is 0 Å². The van der Waals surface area contributed by atoms with E-state index in [9.17, 15) is 0 Å². The van der Waals surface area contributed by atoms with Gasteiger partial charge < -0.3 is 4.74 Å². The van der Waals surface area contributed by atoms with Gasteiger partial charge in [0.15, 0.2) is 0 Å². The summed E-state index contributed by atoms with van der Waals surface area (Å²) in [5.74, 6) is 6.68. The highest BCUT2D eigenvalue weighted by Gasteiger charge is 2.03. The molecule has 14 heavy (non-hydrogen) atoms. The Bertz CT molecular complexity index is 357. The van der Waals surface area contributed by atoms with E-state index in [-0.39, 0.29) is 0 Å². The number of hydrogen-bond donors (Lipinski definition) is 0. The van der Waals surface area contributed by atoms with Crippen LogP contribution in [-0.2, 0) is 0 Å². The van der Waals surface area contributed by atoms with Crippen molar-refractivity contribution < 1.29 is 4.74 Å². The zero-order chi connectivity index (χ0) is 10.6. The van der Waals surface area contributed by atoms with E-state index in [1.165, 1.54) is 16.7 Å². The number of aryl methyl sites for hydroxylation is 3. The van der Waals surface area contributed by atoms with E-state index in [2.05, 4.69) is 44.7 Å². The highest BCUT2D eigenvalue weighted by atomic mass is 16.5. The van der Waals surface area contributed by atoms with Gasteiger partial charge in [0.05, 0.1) is 0 Å². The first kappa shape index (κ1) is 10.7. The lowest BCUT2D eigenvalue weighted by atomic mass is 10.1. The van der Waals surface area contributed by atoms with Crippen molar-refractivity contribution in [1.29, 1.82) is 0 Å². The molecule has 0 heterocycles. The second kappa shape index (κ2) is 4.72. The zero-order valence-corrected chi connectivity index (χ0v) is 9.27. The fourth-order valence-corrected chi connectivity index (χ4v) is 1.57. The second-order valence-electron chi connectivity index (χ2n) is 3.44. The molecule has 1 nitrogen and oxygen atoms in total. The van der Waals surface area contributed by atoms with Crippen molar-refractivity contribution in [2.24, 2.45) is 0 Å². The lowest BCUT2D eigenvalue weighted by Gasteiger charge is -2.10. The SMILES string of the molecule is CC#CCOc1c(C)cc(C)cc1C. The van der Waals surface area contributed by atoms with Crippen LogP contribution in [0.5, 0.6) is 5.75 Å². The van der Waals surface area contributed by atoms with Crippen LogP contribution in [0.25, 0.3) is 0 Å². The highest BCUT2D eigenvalue weighted by Crippen LogP contribution is 2.24. The first-order valence-corrected chi connectivity index (χ1v) is 4.75. The maximum atomic E-state index is 5.59. The average Bonchev–Trinajstić information content (AvgIpc) is 2.09. The van der Waals surface area contributed by atoms with Crippen LogP contribution >= 0.6 is 0 Å². The molecule has 74 valence electrons. The smallest absolute Gasteiger partial charge is 0.149 e. The average molecular weight is 188 g/mol. The van der Waals surface area contributed by atoms with Gasteiger partial charge in [0, 0.05) is 0 Å². The van der Waals surface area contributed by atoms with E-state index in [0.29, 0.717) is 6.61 Å². The first-order chi connectivity index (χ1) is 6.65. The molecule has 0 unspecified atom stereocenters. The summed E-state index contributed by atoms with van der Waals surface area (Å²) in [7, 11) is 0. The van der Waals surface area contributed by atoms with Crippen molar-refractivity contribution >= 4 is 0 Å². The summed E-state index contributed by atoms with van der Waals surface area (Å²) < 4.78 is 5.59. The second-order valence-corrected chi connectivity index (χ2v) is 3.44. The van der Waals surface area contributed by atoms with Gasteiger partial charge >= 0.3 is 0 Å². The number of rotatable bonds is 2. The molecule has 0 aliphatic heterocycles. The predicted octanol–water partition coefficient (Wildman–Crippen LogP) is 3.01. The van der Waals surface area contributed by atoms with Gasteiger partial charge in [-0.1, -0.05) is 23.6 Å². The van der Waals surface area contributed by atoms with E-state index < -0.39 is 0 Å². The molecule has 0 spiro atoms. The van der Waals surface area contributed by atoms with Crippen LogP contribution in [0, 0.1) is 32.6 Å². The summed E-state index contributed by atoms with van der Waals surface area (Å²) >= 11 is 0. The molecule has 1 aromatic rings. The van der Waals surface area contributed by atoms with Gasteiger partial charge in [0.25, 0.3) is 0 Å². The number of ether oxygens (including phenoxy) is 1. The predicted molar refractivity (Wildman–Crippen MR) is 59.6 cm³/mol. The molecule has 0 aliphatic rings. The molecule has 0 fully saturated rings. The highest BCUT2D eigenvalue weighted by molar-refractivity contribution is 5.43. The van der Waals surface area contributed by atoms with Crippen LogP contribution in [0.3, 0.4) is 0 Å². The van der Waals surface area contributed by atoms with Gasteiger partial charge in [-0.25, -0.2) is 0 Å². The molecule has 0 atom stereocenters. The summed E-state index contributed by atoms with van der Waals surface area (Å²) in [4.78, 5) is 0. The molecule has 0 saturated heterocycles. The molecule has 1 rings (SSSR count). The fraction of sp³-hybridized carbons (Fsp3) is 0.385. The molecule has 0 aromatic heterocycles.